The molecule has 5 nitrogen and oxygen atoms in total. The minimum absolute atomic E-state index is 0.0738. The van der Waals surface area contributed by atoms with E-state index in [1.54, 1.807) is 0 Å². The first-order chi connectivity index (χ1) is 16.3. The number of carbonyl (C=O) groups is 1. The minimum atomic E-state index is -0.0738. The van der Waals surface area contributed by atoms with Crippen LogP contribution in [0.4, 0.5) is 11.4 Å². The maximum absolute atomic E-state index is 12.3. The highest BCUT2D eigenvalue weighted by Crippen LogP contribution is 2.30. The van der Waals surface area contributed by atoms with Crippen molar-refractivity contribution >= 4 is 23.5 Å². The summed E-state index contributed by atoms with van der Waals surface area (Å²) in [6.45, 7) is 0. The predicted molar refractivity (Wildman–Crippen MR) is 136 cm³/mol. The van der Waals surface area contributed by atoms with Gasteiger partial charge in [-0.2, -0.15) is 5.10 Å². The second-order valence-electron chi connectivity index (χ2n) is 8.47. The first kappa shape index (κ1) is 22.7. The van der Waals surface area contributed by atoms with Crippen molar-refractivity contribution < 1.29 is 4.79 Å². The molecule has 170 valence electrons. The molecule has 0 unspecified atom stereocenters. The van der Waals surface area contributed by atoms with E-state index in [0.717, 1.165) is 37.1 Å². The Morgan fingerprint density at radius 3 is 2.12 bits per heavy atom. The second kappa shape index (κ2) is 12.0. The zero-order chi connectivity index (χ0) is 22.7. The normalized spacial score (nSPS) is 17.8. The van der Waals surface area contributed by atoms with Crippen LogP contribution in [0.1, 0.15) is 48.9 Å². The second-order valence-corrected chi connectivity index (χ2v) is 8.47. The third-order valence-electron chi connectivity index (χ3n) is 6.17. The molecular weight excluding hydrogens is 408 g/mol. The van der Waals surface area contributed by atoms with Gasteiger partial charge in [0.15, 0.2) is 0 Å². The van der Waals surface area contributed by atoms with Crippen molar-refractivity contribution in [2.24, 2.45) is 11.0 Å². The summed E-state index contributed by atoms with van der Waals surface area (Å²) < 4.78 is 0. The number of hydrogen-bond donors (Lipinski definition) is 2. The SMILES string of the molecule is O=C(NN[C@@H]1CCC[C@@H]1CCC/C=N/N(c1ccccc1)c1ccccc1)c1ccccc1. The van der Waals surface area contributed by atoms with Gasteiger partial charge < -0.3 is 0 Å². The maximum atomic E-state index is 12.3. The zero-order valence-electron chi connectivity index (χ0n) is 18.9. The molecule has 0 aromatic heterocycles. The Morgan fingerprint density at radius 2 is 1.48 bits per heavy atom. The monoisotopic (exact) mass is 440 g/mol. The van der Waals surface area contributed by atoms with Crippen molar-refractivity contribution in [1.29, 1.82) is 0 Å². The van der Waals surface area contributed by atoms with Gasteiger partial charge in [-0.05, 0) is 74.4 Å². The molecular formula is C28H32N4O. The van der Waals surface area contributed by atoms with Gasteiger partial charge in [0.2, 0.25) is 0 Å². The summed E-state index contributed by atoms with van der Waals surface area (Å²) in [5, 5.41) is 6.76. The highest BCUT2D eigenvalue weighted by atomic mass is 16.2. The Morgan fingerprint density at radius 1 is 0.879 bits per heavy atom. The number of hydrazine groups is 1. The van der Waals surface area contributed by atoms with Crippen molar-refractivity contribution in [3.05, 3.63) is 96.6 Å². The Hall–Kier alpha value is -3.44. The molecule has 5 heteroatoms. The van der Waals surface area contributed by atoms with E-state index in [-0.39, 0.29) is 5.91 Å². The molecule has 1 amide bonds. The number of para-hydroxylation sites is 2. The van der Waals surface area contributed by atoms with Crippen LogP contribution < -0.4 is 15.9 Å². The summed E-state index contributed by atoms with van der Waals surface area (Å²) in [5.41, 5.74) is 8.97. The quantitative estimate of drug-likeness (QED) is 0.228. The van der Waals surface area contributed by atoms with Crippen LogP contribution in [0.25, 0.3) is 0 Å². The van der Waals surface area contributed by atoms with E-state index in [4.69, 9.17) is 5.10 Å². The molecule has 3 aromatic carbocycles. The number of hydrazone groups is 1. The summed E-state index contributed by atoms with van der Waals surface area (Å²) in [6.07, 6.45) is 8.66. The smallest absolute Gasteiger partial charge is 0.265 e. The highest BCUT2D eigenvalue weighted by Gasteiger charge is 2.26. The van der Waals surface area contributed by atoms with Gasteiger partial charge in [0.1, 0.15) is 0 Å². The van der Waals surface area contributed by atoms with Crippen LogP contribution in [-0.2, 0) is 0 Å². The molecule has 1 saturated carbocycles. The minimum Gasteiger partial charge on any atom is -0.287 e. The first-order valence-electron chi connectivity index (χ1n) is 11.8. The molecule has 0 saturated heterocycles. The number of hydrogen-bond acceptors (Lipinski definition) is 4. The van der Waals surface area contributed by atoms with Crippen LogP contribution in [-0.4, -0.2) is 18.2 Å². The average Bonchev–Trinajstić information content (AvgIpc) is 3.33. The van der Waals surface area contributed by atoms with Gasteiger partial charge in [0.05, 0.1) is 11.4 Å². The molecule has 2 atom stereocenters. The van der Waals surface area contributed by atoms with Crippen molar-refractivity contribution in [1.82, 2.24) is 10.9 Å². The molecule has 0 spiro atoms. The van der Waals surface area contributed by atoms with E-state index in [1.165, 1.54) is 12.8 Å². The van der Waals surface area contributed by atoms with Crippen LogP contribution in [0.15, 0.2) is 96.1 Å². The number of nitrogens with zero attached hydrogens (tertiary/aromatic N) is 2. The van der Waals surface area contributed by atoms with Gasteiger partial charge in [-0.15, -0.1) is 0 Å². The van der Waals surface area contributed by atoms with Gasteiger partial charge in [-0.1, -0.05) is 61.0 Å². The Kier molecular flexibility index (Phi) is 8.25. The fourth-order valence-electron chi connectivity index (χ4n) is 4.42. The third kappa shape index (κ3) is 6.53. The van der Waals surface area contributed by atoms with E-state index in [0.29, 0.717) is 17.5 Å². The Labute approximate surface area is 196 Å². The number of carbonyl (C=O) groups excluding carboxylic acids is 1. The van der Waals surface area contributed by atoms with E-state index >= 15 is 0 Å². The Balaban J connectivity index is 1.26. The number of benzene rings is 3. The van der Waals surface area contributed by atoms with Crippen LogP contribution in [0.5, 0.6) is 0 Å². The third-order valence-corrected chi connectivity index (χ3v) is 6.17. The highest BCUT2D eigenvalue weighted by molar-refractivity contribution is 5.93. The van der Waals surface area contributed by atoms with Crippen molar-refractivity contribution in [2.75, 3.05) is 5.01 Å². The van der Waals surface area contributed by atoms with Crippen LogP contribution >= 0.6 is 0 Å². The lowest BCUT2D eigenvalue weighted by molar-refractivity contribution is 0.0919. The molecule has 2 N–H and O–H groups in total. The Bertz CT molecular complexity index is 968. The van der Waals surface area contributed by atoms with E-state index < -0.39 is 0 Å². The van der Waals surface area contributed by atoms with Crippen LogP contribution in [0.3, 0.4) is 0 Å². The standard InChI is InChI=1S/C28H32N4O/c33-28(24-14-4-1-5-15-24)31-30-27-21-12-16-23(27)13-10-11-22-29-32(25-17-6-2-7-18-25)26-19-8-3-9-20-26/h1-9,14-15,17-20,22-23,27,30H,10-13,16,21H2,(H,31,33)/b29-22+/t23-,27+/m0/s1. The number of rotatable bonds is 10. The summed E-state index contributed by atoms with van der Waals surface area (Å²) in [7, 11) is 0. The molecule has 1 aliphatic rings. The van der Waals surface area contributed by atoms with Crippen molar-refractivity contribution in [3.63, 3.8) is 0 Å². The van der Waals surface area contributed by atoms with E-state index in [2.05, 4.69) is 35.1 Å². The molecule has 1 fully saturated rings. The van der Waals surface area contributed by atoms with Gasteiger partial charge in [0, 0.05) is 17.8 Å². The largest absolute Gasteiger partial charge is 0.287 e. The van der Waals surface area contributed by atoms with Gasteiger partial charge in [-0.25, -0.2) is 10.4 Å². The lowest BCUT2D eigenvalue weighted by atomic mass is 9.97. The summed E-state index contributed by atoms with van der Waals surface area (Å²) in [4.78, 5) is 12.3. The molecule has 4 rings (SSSR count). The lowest BCUT2D eigenvalue weighted by Gasteiger charge is -2.21. The van der Waals surface area contributed by atoms with Crippen molar-refractivity contribution in [3.8, 4) is 0 Å². The molecule has 33 heavy (non-hydrogen) atoms. The van der Waals surface area contributed by atoms with Crippen LogP contribution in [0.2, 0.25) is 0 Å². The van der Waals surface area contributed by atoms with Gasteiger partial charge >= 0.3 is 0 Å². The first-order valence-corrected chi connectivity index (χ1v) is 11.8. The summed E-state index contributed by atoms with van der Waals surface area (Å²) >= 11 is 0. The molecule has 0 radical (unpaired) electrons. The predicted octanol–water partition coefficient (Wildman–Crippen LogP) is 6.08. The molecule has 3 aromatic rings. The van der Waals surface area contributed by atoms with Crippen LogP contribution in [0, 0.1) is 5.92 Å². The zero-order valence-corrected chi connectivity index (χ0v) is 18.9. The summed E-state index contributed by atoms with van der Waals surface area (Å²) in [6, 6.07) is 30.1. The summed E-state index contributed by atoms with van der Waals surface area (Å²) in [5.74, 6) is 0.504. The van der Waals surface area contributed by atoms with Gasteiger partial charge in [-0.3, -0.25) is 10.2 Å². The number of unbranched alkanes of at least 4 members (excludes halogenated alkanes) is 1. The molecule has 0 heterocycles. The fourth-order valence-corrected chi connectivity index (χ4v) is 4.42. The van der Waals surface area contributed by atoms with Gasteiger partial charge in [0.25, 0.3) is 5.91 Å². The molecule has 0 bridgehead atoms. The average molecular weight is 441 g/mol. The van der Waals surface area contributed by atoms with Crippen molar-refractivity contribution in [2.45, 2.75) is 44.6 Å². The maximum Gasteiger partial charge on any atom is 0.265 e. The number of anilines is 2. The fraction of sp³-hybridized carbons (Fsp3) is 0.286. The molecule has 1 aliphatic carbocycles. The number of nitrogens with one attached hydrogen (secondary N) is 2. The van der Waals surface area contributed by atoms with E-state index in [9.17, 15) is 4.79 Å². The van der Waals surface area contributed by atoms with E-state index in [1.807, 2.05) is 78.0 Å². The number of amides is 1. The lowest BCUT2D eigenvalue weighted by Crippen LogP contribution is -2.45. The molecule has 0 aliphatic heterocycles. The topological polar surface area (TPSA) is 56.7 Å².